The summed E-state index contributed by atoms with van der Waals surface area (Å²) in [6.07, 6.45) is 0.594. The molecular weight excluding hydrogens is 383 g/mol. The second kappa shape index (κ2) is 7.24. The highest BCUT2D eigenvalue weighted by atomic mass is 35.5. The highest BCUT2D eigenvalue weighted by Crippen LogP contribution is 2.44. The van der Waals surface area contributed by atoms with Crippen LogP contribution in [0.15, 0.2) is 53.5 Å². The number of benzene rings is 2. The summed E-state index contributed by atoms with van der Waals surface area (Å²) in [7, 11) is 0. The number of amides is 2. The van der Waals surface area contributed by atoms with E-state index >= 15 is 0 Å². The Morgan fingerprint density at radius 3 is 2.71 bits per heavy atom. The Balaban J connectivity index is 1.47. The summed E-state index contributed by atoms with van der Waals surface area (Å²) >= 11 is 6.10. The number of nitrogens with zero attached hydrogens (tertiary/aromatic N) is 2. The minimum absolute atomic E-state index is 0.0428. The van der Waals surface area contributed by atoms with Crippen LogP contribution in [0, 0.1) is 5.82 Å². The summed E-state index contributed by atoms with van der Waals surface area (Å²) in [6.45, 7) is 1.63. The van der Waals surface area contributed by atoms with Gasteiger partial charge in [0, 0.05) is 22.5 Å². The van der Waals surface area contributed by atoms with Crippen molar-refractivity contribution < 1.29 is 14.0 Å². The van der Waals surface area contributed by atoms with Gasteiger partial charge in [-0.15, -0.1) is 0 Å². The largest absolute Gasteiger partial charge is 0.346 e. The van der Waals surface area contributed by atoms with Crippen LogP contribution >= 0.6 is 11.6 Å². The quantitative estimate of drug-likeness (QED) is 0.828. The van der Waals surface area contributed by atoms with Crippen molar-refractivity contribution in [3.63, 3.8) is 0 Å². The Labute approximate surface area is 166 Å². The van der Waals surface area contributed by atoms with Crippen molar-refractivity contribution in [1.82, 2.24) is 10.7 Å². The first-order valence-electron chi connectivity index (χ1n) is 8.94. The van der Waals surface area contributed by atoms with E-state index in [0.29, 0.717) is 22.7 Å². The molecule has 0 radical (unpaired) electrons. The van der Waals surface area contributed by atoms with Gasteiger partial charge in [0.15, 0.2) is 0 Å². The van der Waals surface area contributed by atoms with Gasteiger partial charge in [-0.05, 0) is 37.6 Å². The van der Waals surface area contributed by atoms with Crippen molar-refractivity contribution in [1.29, 1.82) is 0 Å². The summed E-state index contributed by atoms with van der Waals surface area (Å²) in [6, 6.07) is 12.6. The van der Waals surface area contributed by atoms with Gasteiger partial charge in [-0.1, -0.05) is 35.9 Å². The predicted molar refractivity (Wildman–Crippen MR) is 105 cm³/mol. The topological polar surface area (TPSA) is 73.8 Å². The molecular formula is C20H18ClFN4O2. The van der Waals surface area contributed by atoms with Gasteiger partial charge >= 0.3 is 0 Å². The van der Waals surface area contributed by atoms with Crippen LogP contribution < -0.4 is 15.8 Å². The van der Waals surface area contributed by atoms with E-state index in [2.05, 4.69) is 15.7 Å². The van der Waals surface area contributed by atoms with Gasteiger partial charge in [0.2, 0.25) is 5.84 Å². The molecule has 28 heavy (non-hydrogen) atoms. The molecule has 0 bridgehead atoms. The Morgan fingerprint density at radius 2 is 2.00 bits per heavy atom. The van der Waals surface area contributed by atoms with E-state index in [0.717, 1.165) is 0 Å². The molecule has 8 heteroatoms. The predicted octanol–water partition coefficient (Wildman–Crippen LogP) is 2.79. The normalized spacial score (nSPS) is 23.7. The SMILES string of the molecule is C[C@@H]1N=C(C(=O)N[C@H]2C[C@@H]2c2c(F)cccc2Cl)NN(c2ccccc2)C1=O. The summed E-state index contributed by atoms with van der Waals surface area (Å²) in [5.41, 5.74) is 3.81. The smallest absolute Gasteiger partial charge is 0.288 e. The van der Waals surface area contributed by atoms with Crippen LogP contribution in [0.2, 0.25) is 5.02 Å². The molecule has 1 heterocycles. The maximum Gasteiger partial charge on any atom is 0.288 e. The number of halogens is 2. The maximum absolute atomic E-state index is 14.1. The van der Waals surface area contributed by atoms with Crippen LogP contribution in [0.1, 0.15) is 24.8 Å². The highest BCUT2D eigenvalue weighted by molar-refractivity contribution is 6.39. The zero-order chi connectivity index (χ0) is 19.8. The fourth-order valence-electron chi connectivity index (χ4n) is 3.28. The fraction of sp³-hybridized carbons (Fsp3) is 0.250. The molecule has 4 rings (SSSR count). The first-order chi connectivity index (χ1) is 13.5. The van der Waals surface area contributed by atoms with Crippen molar-refractivity contribution in [2.24, 2.45) is 4.99 Å². The molecule has 2 aromatic rings. The lowest BCUT2D eigenvalue weighted by Gasteiger charge is -2.30. The lowest BCUT2D eigenvalue weighted by Crippen LogP contribution is -2.58. The number of hydrogen-bond donors (Lipinski definition) is 2. The van der Waals surface area contributed by atoms with E-state index in [1.54, 1.807) is 43.3 Å². The van der Waals surface area contributed by atoms with Crippen molar-refractivity contribution in [3.8, 4) is 0 Å². The number of para-hydroxylation sites is 1. The standard InChI is InChI=1S/C20H18ClFN4O2/c1-11-20(28)26(12-6-3-2-4-7-12)25-18(23-11)19(27)24-16-10-13(16)17-14(21)8-5-9-15(17)22/h2-9,11,13,16H,10H2,1H3,(H,23,25)(H,24,27)/t11-,13-,16-/m0/s1. The van der Waals surface area contributed by atoms with Crippen LogP contribution in [0.5, 0.6) is 0 Å². The number of aliphatic imine (C=N–C) groups is 1. The number of carbonyl (C=O) groups is 2. The van der Waals surface area contributed by atoms with Crippen LogP contribution in [0.3, 0.4) is 0 Å². The first-order valence-corrected chi connectivity index (χ1v) is 9.31. The number of amidine groups is 1. The number of hydrogen-bond acceptors (Lipinski definition) is 4. The summed E-state index contributed by atoms with van der Waals surface area (Å²) in [5, 5.41) is 4.50. The van der Waals surface area contributed by atoms with Gasteiger partial charge in [-0.25, -0.2) is 14.4 Å². The summed E-state index contributed by atoms with van der Waals surface area (Å²) in [4.78, 5) is 29.2. The van der Waals surface area contributed by atoms with Crippen molar-refractivity contribution in [2.45, 2.75) is 31.3 Å². The molecule has 2 amide bonds. The Hall–Kier alpha value is -2.93. The van der Waals surface area contributed by atoms with Gasteiger partial charge in [0.1, 0.15) is 11.9 Å². The second-order valence-corrected chi connectivity index (χ2v) is 7.24. The molecule has 0 aromatic heterocycles. The Bertz CT molecular complexity index is 946. The fourth-order valence-corrected chi connectivity index (χ4v) is 3.58. The number of carbonyl (C=O) groups excluding carboxylic acids is 2. The molecule has 6 nitrogen and oxygen atoms in total. The van der Waals surface area contributed by atoms with Gasteiger partial charge < -0.3 is 5.32 Å². The number of anilines is 1. The molecule has 144 valence electrons. The van der Waals surface area contributed by atoms with Crippen molar-refractivity contribution >= 4 is 34.9 Å². The van der Waals surface area contributed by atoms with Crippen molar-refractivity contribution in [2.75, 3.05) is 5.01 Å². The van der Waals surface area contributed by atoms with Crippen molar-refractivity contribution in [3.05, 3.63) is 64.9 Å². The van der Waals surface area contributed by atoms with Gasteiger partial charge in [-0.3, -0.25) is 15.0 Å². The van der Waals surface area contributed by atoms with Gasteiger partial charge in [0.05, 0.1) is 5.69 Å². The molecule has 0 spiro atoms. The lowest BCUT2D eigenvalue weighted by molar-refractivity contribution is -0.120. The first kappa shape index (κ1) is 18.4. The summed E-state index contributed by atoms with van der Waals surface area (Å²) in [5.74, 6) is -1.21. The molecule has 2 aromatic carbocycles. The number of rotatable bonds is 4. The van der Waals surface area contributed by atoms with E-state index < -0.39 is 11.9 Å². The van der Waals surface area contributed by atoms with Crippen LogP contribution in [-0.2, 0) is 9.59 Å². The molecule has 0 saturated heterocycles. The van der Waals surface area contributed by atoms with E-state index in [9.17, 15) is 14.0 Å². The average molecular weight is 401 g/mol. The monoisotopic (exact) mass is 400 g/mol. The van der Waals surface area contributed by atoms with E-state index in [1.807, 2.05) is 6.07 Å². The second-order valence-electron chi connectivity index (χ2n) is 6.83. The molecule has 2 aliphatic rings. The van der Waals surface area contributed by atoms with Crippen LogP contribution in [0.4, 0.5) is 10.1 Å². The van der Waals surface area contributed by atoms with E-state index in [1.165, 1.54) is 11.1 Å². The number of hydrazine groups is 1. The third-order valence-corrected chi connectivity index (χ3v) is 5.15. The summed E-state index contributed by atoms with van der Waals surface area (Å²) < 4.78 is 14.1. The third kappa shape index (κ3) is 3.45. The average Bonchev–Trinajstić information content (AvgIpc) is 3.42. The zero-order valence-electron chi connectivity index (χ0n) is 15.0. The lowest BCUT2D eigenvalue weighted by atomic mass is 10.1. The van der Waals surface area contributed by atoms with E-state index in [4.69, 9.17) is 11.6 Å². The minimum Gasteiger partial charge on any atom is -0.346 e. The maximum atomic E-state index is 14.1. The molecule has 1 fully saturated rings. The molecule has 1 aliphatic carbocycles. The molecule has 2 N–H and O–H groups in total. The van der Waals surface area contributed by atoms with Gasteiger partial charge in [-0.2, -0.15) is 0 Å². The Morgan fingerprint density at radius 1 is 1.25 bits per heavy atom. The van der Waals surface area contributed by atoms with Gasteiger partial charge in [0.25, 0.3) is 11.8 Å². The zero-order valence-corrected chi connectivity index (χ0v) is 15.8. The molecule has 1 aliphatic heterocycles. The number of nitrogens with one attached hydrogen (secondary N) is 2. The Kier molecular flexibility index (Phi) is 4.77. The third-order valence-electron chi connectivity index (χ3n) is 4.83. The molecule has 0 unspecified atom stereocenters. The van der Waals surface area contributed by atoms with E-state index in [-0.39, 0.29) is 29.5 Å². The molecule has 3 atom stereocenters. The van der Waals surface area contributed by atoms with Crippen LogP contribution in [-0.4, -0.2) is 29.7 Å². The molecule has 1 saturated carbocycles. The van der Waals surface area contributed by atoms with Crippen LogP contribution in [0.25, 0.3) is 0 Å². The highest BCUT2D eigenvalue weighted by Gasteiger charge is 2.43. The minimum atomic E-state index is -0.696.